The lowest BCUT2D eigenvalue weighted by molar-refractivity contribution is 0.102. The molecule has 114 valence electrons. The van der Waals surface area contributed by atoms with Gasteiger partial charge in [-0.1, -0.05) is 30.5 Å². The van der Waals surface area contributed by atoms with Crippen molar-refractivity contribution in [2.45, 2.75) is 31.7 Å². The fraction of sp³-hybridized carbons (Fsp3) is 0.294. The van der Waals surface area contributed by atoms with Crippen LogP contribution >= 0.6 is 11.6 Å². The first-order chi connectivity index (χ1) is 10.7. The molecule has 0 atom stereocenters. The number of nitrogens with one attached hydrogen (secondary N) is 2. The molecule has 0 aliphatic heterocycles. The molecule has 5 heteroatoms. The molecular weight excluding hydrogens is 298 g/mol. The Bertz CT molecular complexity index is 668. The highest BCUT2D eigenvalue weighted by Gasteiger charge is 2.15. The van der Waals surface area contributed by atoms with Crippen LogP contribution in [0.3, 0.4) is 0 Å². The minimum Gasteiger partial charge on any atom is -0.381 e. The second-order valence-corrected chi connectivity index (χ2v) is 5.99. The van der Waals surface area contributed by atoms with E-state index in [4.69, 9.17) is 11.6 Å². The van der Waals surface area contributed by atoms with E-state index in [1.165, 1.54) is 25.7 Å². The summed E-state index contributed by atoms with van der Waals surface area (Å²) in [6.07, 6.45) is 8.21. The van der Waals surface area contributed by atoms with Gasteiger partial charge in [-0.05, 0) is 37.1 Å². The van der Waals surface area contributed by atoms with E-state index in [1.54, 1.807) is 36.7 Å². The van der Waals surface area contributed by atoms with Crippen LogP contribution in [0.4, 0.5) is 11.4 Å². The van der Waals surface area contributed by atoms with Crippen LogP contribution in [-0.2, 0) is 0 Å². The predicted molar refractivity (Wildman–Crippen MR) is 89.5 cm³/mol. The van der Waals surface area contributed by atoms with Gasteiger partial charge < -0.3 is 10.6 Å². The summed E-state index contributed by atoms with van der Waals surface area (Å²) in [5.41, 5.74) is 2.10. The number of pyridine rings is 1. The predicted octanol–water partition coefficient (Wildman–Crippen LogP) is 4.34. The Labute approximate surface area is 134 Å². The molecule has 1 aliphatic rings. The van der Waals surface area contributed by atoms with Crippen molar-refractivity contribution in [2.24, 2.45) is 0 Å². The van der Waals surface area contributed by atoms with Crippen molar-refractivity contribution in [3.63, 3.8) is 0 Å². The summed E-state index contributed by atoms with van der Waals surface area (Å²) in [5.74, 6) is -0.190. The molecule has 1 heterocycles. The summed E-state index contributed by atoms with van der Waals surface area (Å²) >= 11 is 5.92. The van der Waals surface area contributed by atoms with Gasteiger partial charge in [-0.3, -0.25) is 9.78 Å². The SMILES string of the molecule is O=C(Nc1cccc(Cl)c1)c1cncc(NC2CCCC2)c1. The van der Waals surface area contributed by atoms with Gasteiger partial charge in [0, 0.05) is 29.1 Å². The molecule has 2 aromatic rings. The molecule has 0 unspecified atom stereocenters. The molecule has 1 fully saturated rings. The van der Waals surface area contributed by atoms with Gasteiger partial charge in [0.1, 0.15) is 0 Å². The van der Waals surface area contributed by atoms with Gasteiger partial charge in [0.25, 0.3) is 5.91 Å². The maximum atomic E-state index is 12.3. The van der Waals surface area contributed by atoms with Crippen molar-refractivity contribution >= 4 is 28.9 Å². The fourth-order valence-electron chi connectivity index (χ4n) is 2.72. The number of aromatic nitrogens is 1. The number of halogens is 1. The molecule has 0 radical (unpaired) electrons. The molecule has 0 bridgehead atoms. The number of carbonyl (C=O) groups is 1. The number of hydrogen-bond acceptors (Lipinski definition) is 3. The summed E-state index contributed by atoms with van der Waals surface area (Å²) in [5, 5.41) is 6.86. The van der Waals surface area contributed by atoms with E-state index < -0.39 is 0 Å². The van der Waals surface area contributed by atoms with E-state index in [0.29, 0.717) is 22.3 Å². The summed E-state index contributed by atoms with van der Waals surface area (Å²) < 4.78 is 0. The van der Waals surface area contributed by atoms with Crippen LogP contribution < -0.4 is 10.6 Å². The molecule has 3 rings (SSSR count). The number of carbonyl (C=O) groups excluding carboxylic acids is 1. The molecule has 1 amide bonds. The Kier molecular flexibility index (Phi) is 4.59. The monoisotopic (exact) mass is 315 g/mol. The topological polar surface area (TPSA) is 54.0 Å². The third-order valence-corrected chi connectivity index (χ3v) is 4.04. The molecule has 1 aliphatic carbocycles. The van der Waals surface area contributed by atoms with Gasteiger partial charge >= 0.3 is 0 Å². The standard InChI is InChI=1S/C17H18ClN3O/c18-13-4-3-7-15(9-13)21-17(22)12-8-16(11-19-10-12)20-14-5-1-2-6-14/h3-4,7-11,14,20H,1-2,5-6H2,(H,21,22). The maximum absolute atomic E-state index is 12.3. The van der Waals surface area contributed by atoms with Gasteiger partial charge in [-0.25, -0.2) is 0 Å². The quantitative estimate of drug-likeness (QED) is 0.882. The zero-order valence-corrected chi connectivity index (χ0v) is 12.9. The van der Waals surface area contributed by atoms with E-state index in [9.17, 15) is 4.79 Å². The summed E-state index contributed by atoms with van der Waals surface area (Å²) in [6.45, 7) is 0. The van der Waals surface area contributed by atoms with Crippen LogP contribution in [0.2, 0.25) is 5.02 Å². The first-order valence-corrected chi connectivity index (χ1v) is 7.87. The Morgan fingerprint density at radius 1 is 1.14 bits per heavy atom. The van der Waals surface area contributed by atoms with Gasteiger partial charge in [0.2, 0.25) is 0 Å². The normalized spacial score (nSPS) is 14.8. The Morgan fingerprint density at radius 2 is 1.95 bits per heavy atom. The lowest BCUT2D eigenvalue weighted by Crippen LogP contribution is -2.16. The Morgan fingerprint density at radius 3 is 2.73 bits per heavy atom. The van der Waals surface area contributed by atoms with Crippen molar-refractivity contribution in [3.8, 4) is 0 Å². The molecule has 2 N–H and O–H groups in total. The Balaban J connectivity index is 1.69. The average Bonchev–Trinajstić information content (AvgIpc) is 3.00. The molecule has 1 saturated carbocycles. The number of amides is 1. The first-order valence-electron chi connectivity index (χ1n) is 7.49. The highest BCUT2D eigenvalue weighted by molar-refractivity contribution is 6.30. The van der Waals surface area contributed by atoms with E-state index >= 15 is 0 Å². The number of hydrogen-bond donors (Lipinski definition) is 2. The summed E-state index contributed by atoms with van der Waals surface area (Å²) in [6, 6.07) is 9.42. The molecule has 4 nitrogen and oxygen atoms in total. The smallest absolute Gasteiger partial charge is 0.257 e. The van der Waals surface area contributed by atoms with E-state index in [0.717, 1.165) is 5.69 Å². The molecule has 1 aromatic carbocycles. The molecule has 1 aromatic heterocycles. The van der Waals surface area contributed by atoms with E-state index in [2.05, 4.69) is 15.6 Å². The minimum absolute atomic E-state index is 0.190. The van der Waals surface area contributed by atoms with Gasteiger partial charge in [0.05, 0.1) is 11.3 Å². The third-order valence-electron chi connectivity index (χ3n) is 3.81. The van der Waals surface area contributed by atoms with Crippen LogP contribution in [-0.4, -0.2) is 16.9 Å². The van der Waals surface area contributed by atoms with E-state index in [-0.39, 0.29) is 5.91 Å². The van der Waals surface area contributed by atoms with Gasteiger partial charge in [0.15, 0.2) is 0 Å². The van der Waals surface area contributed by atoms with Crippen molar-refractivity contribution in [1.82, 2.24) is 4.98 Å². The molecule has 0 spiro atoms. The summed E-state index contributed by atoms with van der Waals surface area (Å²) in [4.78, 5) is 16.5. The third kappa shape index (κ3) is 3.77. The van der Waals surface area contributed by atoms with Crippen molar-refractivity contribution in [1.29, 1.82) is 0 Å². The minimum atomic E-state index is -0.190. The number of nitrogens with zero attached hydrogens (tertiary/aromatic N) is 1. The number of anilines is 2. The number of rotatable bonds is 4. The van der Waals surface area contributed by atoms with Crippen LogP contribution in [0, 0.1) is 0 Å². The zero-order chi connectivity index (χ0) is 15.4. The summed E-state index contributed by atoms with van der Waals surface area (Å²) in [7, 11) is 0. The van der Waals surface area contributed by atoms with Crippen molar-refractivity contribution in [3.05, 3.63) is 53.3 Å². The lowest BCUT2D eigenvalue weighted by Gasteiger charge is -2.13. The number of benzene rings is 1. The average molecular weight is 316 g/mol. The highest BCUT2D eigenvalue weighted by Crippen LogP contribution is 2.22. The fourth-order valence-corrected chi connectivity index (χ4v) is 2.91. The van der Waals surface area contributed by atoms with Crippen molar-refractivity contribution < 1.29 is 4.79 Å². The zero-order valence-electron chi connectivity index (χ0n) is 12.2. The van der Waals surface area contributed by atoms with Crippen LogP contribution in [0.25, 0.3) is 0 Å². The second-order valence-electron chi connectivity index (χ2n) is 5.55. The van der Waals surface area contributed by atoms with Crippen LogP contribution in [0.15, 0.2) is 42.7 Å². The first kappa shape index (κ1) is 14.9. The second kappa shape index (κ2) is 6.79. The Hall–Kier alpha value is -2.07. The van der Waals surface area contributed by atoms with Crippen LogP contribution in [0.1, 0.15) is 36.0 Å². The van der Waals surface area contributed by atoms with Crippen molar-refractivity contribution in [2.75, 3.05) is 10.6 Å². The lowest BCUT2D eigenvalue weighted by atomic mass is 10.2. The van der Waals surface area contributed by atoms with Gasteiger partial charge in [-0.2, -0.15) is 0 Å². The molecule has 22 heavy (non-hydrogen) atoms. The molecule has 0 saturated heterocycles. The maximum Gasteiger partial charge on any atom is 0.257 e. The molecular formula is C17H18ClN3O. The van der Waals surface area contributed by atoms with Gasteiger partial charge in [-0.15, -0.1) is 0 Å². The highest BCUT2D eigenvalue weighted by atomic mass is 35.5. The largest absolute Gasteiger partial charge is 0.381 e. The van der Waals surface area contributed by atoms with Crippen LogP contribution in [0.5, 0.6) is 0 Å². The van der Waals surface area contributed by atoms with E-state index in [1.807, 2.05) is 6.07 Å².